The summed E-state index contributed by atoms with van der Waals surface area (Å²) >= 11 is 11.6. The molecule has 1 rings (SSSR count). The number of ether oxygens (including phenoxy) is 1. The van der Waals surface area contributed by atoms with Crippen molar-refractivity contribution in [3.63, 3.8) is 0 Å². The van der Waals surface area contributed by atoms with E-state index >= 15 is 0 Å². The third kappa shape index (κ3) is 6.14. The lowest BCUT2D eigenvalue weighted by Gasteiger charge is -2.09. The number of halogens is 2. The zero-order chi connectivity index (χ0) is 16.0. The van der Waals surface area contributed by atoms with Crippen molar-refractivity contribution in [3.05, 3.63) is 33.8 Å². The third-order valence-corrected chi connectivity index (χ3v) is 3.27. The minimum Gasteiger partial charge on any atom is -0.443 e. The van der Waals surface area contributed by atoms with E-state index in [9.17, 15) is 9.59 Å². The molecule has 0 saturated carbocycles. The van der Waals surface area contributed by atoms with Crippen molar-refractivity contribution in [2.75, 3.05) is 14.1 Å². The highest BCUT2D eigenvalue weighted by atomic mass is 35.5. The molecular formula is C14H16Cl2N2O3. The monoisotopic (exact) mass is 330 g/mol. The van der Waals surface area contributed by atoms with Crippen LogP contribution in [0.3, 0.4) is 0 Å². The summed E-state index contributed by atoms with van der Waals surface area (Å²) in [7, 11) is 3.27. The average molecular weight is 331 g/mol. The number of benzene rings is 1. The van der Waals surface area contributed by atoms with Crippen LogP contribution in [0.2, 0.25) is 10.0 Å². The fraction of sp³-hybridized carbons (Fsp3) is 0.357. The first-order valence-electron chi connectivity index (χ1n) is 6.14. The maximum Gasteiger partial charge on any atom is 0.433 e. The molecule has 0 heterocycles. The van der Waals surface area contributed by atoms with E-state index in [1.807, 2.05) is 0 Å². The predicted octanol–water partition coefficient (Wildman–Crippen LogP) is 3.57. The molecule has 1 aromatic carbocycles. The topological polar surface area (TPSA) is 59.0 Å². The largest absolute Gasteiger partial charge is 0.443 e. The Morgan fingerprint density at radius 3 is 2.48 bits per heavy atom. The number of amides is 2. The van der Waals surface area contributed by atoms with E-state index < -0.39 is 6.09 Å². The van der Waals surface area contributed by atoms with Crippen molar-refractivity contribution in [2.24, 2.45) is 4.99 Å². The summed E-state index contributed by atoms with van der Waals surface area (Å²) in [6.45, 7) is 1.63. The second kappa shape index (κ2) is 8.00. The maximum absolute atomic E-state index is 11.5. The van der Waals surface area contributed by atoms with Gasteiger partial charge in [-0.1, -0.05) is 29.3 Å². The number of hydrogen-bond donors (Lipinski definition) is 0. The molecule has 0 atom stereocenters. The molecule has 0 aliphatic heterocycles. The number of aliphatic imine (C=N–C) groups is 1. The van der Waals surface area contributed by atoms with E-state index in [1.54, 1.807) is 39.2 Å². The van der Waals surface area contributed by atoms with Crippen molar-refractivity contribution in [1.82, 2.24) is 4.90 Å². The van der Waals surface area contributed by atoms with Gasteiger partial charge in [-0.05, 0) is 24.6 Å². The number of rotatable bonds is 4. The summed E-state index contributed by atoms with van der Waals surface area (Å²) in [6.07, 6.45) is -0.667. The fourth-order valence-electron chi connectivity index (χ4n) is 1.38. The van der Waals surface area contributed by atoms with Gasteiger partial charge in [0.1, 0.15) is 6.61 Å². The standard InChI is InChI=1S/C14H16Cl2N2O3/c1-9(6-13(19)18(2)3)17-14(20)21-8-10-4-5-11(15)12(16)7-10/h4-5,7H,6,8H2,1-3H3. The Morgan fingerprint density at radius 2 is 1.90 bits per heavy atom. The van der Waals surface area contributed by atoms with E-state index in [2.05, 4.69) is 4.99 Å². The van der Waals surface area contributed by atoms with Crippen molar-refractivity contribution in [2.45, 2.75) is 20.0 Å². The molecule has 0 radical (unpaired) electrons. The Morgan fingerprint density at radius 1 is 1.24 bits per heavy atom. The first-order chi connectivity index (χ1) is 9.79. The van der Waals surface area contributed by atoms with Crippen LogP contribution in [0, 0.1) is 0 Å². The van der Waals surface area contributed by atoms with Crippen molar-refractivity contribution in [3.8, 4) is 0 Å². The van der Waals surface area contributed by atoms with Crippen LogP contribution in [0.25, 0.3) is 0 Å². The van der Waals surface area contributed by atoms with E-state index in [0.29, 0.717) is 21.3 Å². The molecule has 1 aromatic rings. The zero-order valence-corrected chi connectivity index (χ0v) is 13.5. The minimum atomic E-state index is -0.745. The maximum atomic E-state index is 11.5. The lowest BCUT2D eigenvalue weighted by Crippen LogP contribution is -2.23. The van der Waals surface area contributed by atoms with E-state index in [0.717, 1.165) is 0 Å². The molecular weight excluding hydrogens is 315 g/mol. The number of hydrogen-bond acceptors (Lipinski definition) is 3. The van der Waals surface area contributed by atoms with Gasteiger partial charge in [0, 0.05) is 19.8 Å². The van der Waals surface area contributed by atoms with Gasteiger partial charge in [-0.3, -0.25) is 4.79 Å². The highest BCUT2D eigenvalue weighted by molar-refractivity contribution is 6.42. The van der Waals surface area contributed by atoms with Crippen molar-refractivity contribution in [1.29, 1.82) is 0 Å². The van der Waals surface area contributed by atoms with Crippen molar-refractivity contribution < 1.29 is 14.3 Å². The van der Waals surface area contributed by atoms with Gasteiger partial charge in [-0.25, -0.2) is 4.79 Å². The van der Waals surface area contributed by atoms with Gasteiger partial charge in [0.15, 0.2) is 0 Å². The Bertz CT molecular complexity index is 571. The number of carbonyl (C=O) groups is 2. The van der Waals surface area contributed by atoms with Crippen LogP contribution >= 0.6 is 23.2 Å². The molecule has 21 heavy (non-hydrogen) atoms. The van der Waals surface area contributed by atoms with E-state index in [1.165, 1.54) is 4.90 Å². The summed E-state index contributed by atoms with van der Waals surface area (Å²) in [5, 5.41) is 0.823. The highest BCUT2D eigenvalue weighted by Gasteiger charge is 2.09. The predicted molar refractivity (Wildman–Crippen MR) is 83.1 cm³/mol. The van der Waals surface area contributed by atoms with Gasteiger partial charge in [0.2, 0.25) is 5.91 Å². The molecule has 0 aliphatic rings. The molecule has 0 fully saturated rings. The molecule has 0 spiro atoms. The quantitative estimate of drug-likeness (QED) is 0.793. The Labute approximate surface area is 133 Å². The summed E-state index contributed by atoms with van der Waals surface area (Å²) in [6, 6.07) is 4.94. The first-order valence-corrected chi connectivity index (χ1v) is 6.90. The Hall–Kier alpha value is -1.59. The van der Waals surface area contributed by atoms with Crippen LogP contribution in [0.4, 0.5) is 4.79 Å². The first kappa shape index (κ1) is 17.5. The second-order valence-electron chi connectivity index (χ2n) is 4.62. The number of carbonyl (C=O) groups excluding carboxylic acids is 2. The fourth-order valence-corrected chi connectivity index (χ4v) is 1.70. The second-order valence-corrected chi connectivity index (χ2v) is 5.43. The third-order valence-electron chi connectivity index (χ3n) is 2.53. The van der Waals surface area contributed by atoms with Crippen LogP contribution in [0.15, 0.2) is 23.2 Å². The van der Waals surface area contributed by atoms with E-state index in [-0.39, 0.29) is 18.9 Å². The molecule has 0 bridgehead atoms. The molecule has 2 amide bonds. The van der Waals surface area contributed by atoms with Crippen LogP contribution in [-0.2, 0) is 16.1 Å². The molecule has 5 nitrogen and oxygen atoms in total. The summed E-state index contributed by atoms with van der Waals surface area (Å²) in [4.78, 5) is 28.1. The summed E-state index contributed by atoms with van der Waals surface area (Å²) < 4.78 is 4.98. The minimum absolute atomic E-state index is 0.0358. The zero-order valence-electron chi connectivity index (χ0n) is 12.0. The van der Waals surface area contributed by atoms with Gasteiger partial charge in [0.25, 0.3) is 0 Å². The summed E-state index contributed by atoms with van der Waals surface area (Å²) in [5.74, 6) is -0.131. The molecule has 0 N–H and O–H groups in total. The van der Waals surface area contributed by atoms with Crippen LogP contribution in [-0.4, -0.2) is 36.7 Å². The van der Waals surface area contributed by atoms with E-state index in [4.69, 9.17) is 27.9 Å². The SMILES string of the molecule is CC(CC(=O)N(C)C)=NC(=O)OCc1ccc(Cl)c(Cl)c1. The molecule has 0 saturated heterocycles. The van der Waals surface area contributed by atoms with Gasteiger partial charge < -0.3 is 9.64 Å². The van der Waals surface area contributed by atoms with Crippen LogP contribution in [0.1, 0.15) is 18.9 Å². The van der Waals surface area contributed by atoms with Gasteiger partial charge in [-0.2, -0.15) is 4.99 Å². The smallest absolute Gasteiger partial charge is 0.433 e. The average Bonchev–Trinajstić information content (AvgIpc) is 2.39. The molecule has 0 aliphatic carbocycles. The molecule has 114 valence electrons. The summed E-state index contributed by atoms with van der Waals surface area (Å²) in [5.41, 5.74) is 1.10. The van der Waals surface area contributed by atoms with Crippen LogP contribution < -0.4 is 0 Å². The molecule has 7 heteroatoms. The Kier molecular flexibility index (Phi) is 6.65. The Balaban J connectivity index is 2.53. The lowest BCUT2D eigenvalue weighted by molar-refractivity contribution is -0.127. The molecule has 0 unspecified atom stereocenters. The molecule has 0 aromatic heterocycles. The number of nitrogens with zero attached hydrogens (tertiary/aromatic N) is 2. The van der Waals surface area contributed by atoms with Gasteiger partial charge in [0.05, 0.1) is 16.5 Å². The highest BCUT2D eigenvalue weighted by Crippen LogP contribution is 2.22. The van der Waals surface area contributed by atoms with Gasteiger partial charge in [-0.15, -0.1) is 0 Å². The lowest BCUT2D eigenvalue weighted by atomic mass is 10.2. The van der Waals surface area contributed by atoms with Gasteiger partial charge >= 0.3 is 6.09 Å². The normalized spacial score (nSPS) is 11.2. The van der Waals surface area contributed by atoms with Crippen LogP contribution in [0.5, 0.6) is 0 Å². The van der Waals surface area contributed by atoms with Crippen molar-refractivity contribution >= 4 is 40.9 Å².